The van der Waals surface area contributed by atoms with Gasteiger partial charge in [-0.3, -0.25) is 9.59 Å². The first-order valence-electron chi connectivity index (χ1n) is 11.7. The van der Waals surface area contributed by atoms with Crippen LogP contribution in [0.4, 0.5) is 4.39 Å². The van der Waals surface area contributed by atoms with Gasteiger partial charge in [0.15, 0.2) is 0 Å². The van der Waals surface area contributed by atoms with Crippen LogP contribution in [0, 0.1) is 29.0 Å². The summed E-state index contributed by atoms with van der Waals surface area (Å²) in [5, 5.41) is 7.20. The molecular weight excluding hydrogens is 433 g/mol. The Bertz CT molecular complexity index is 814. The Morgan fingerprint density at radius 1 is 1.28 bits per heavy atom. The zero-order valence-corrected chi connectivity index (χ0v) is 20.0. The van der Waals surface area contributed by atoms with Crippen LogP contribution < -0.4 is 4.74 Å². The van der Waals surface area contributed by atoms with Crippen molar-refractivity contribution in [3.63, 3.8) is 0 Å². The van der Waals surface area contributed by atoms with Crippen molar-refractivity contribution in [2.45, 2.75) is 71.8 Å². The molecule has 2 saturated carbocycles. The number of fused-ring (bicyclic) bond motifs is 2. The average molecular weight is 468 g/mol. The van der Waals surface area contributed by atoms with E-state index in [0.29, 0.717) is 23.9 Å². The van der Waals surface area contributed by atoms with Crippen LogP contribution in [0.1, 0.15) is 76.1 Å². The first-order valence-corrected chi connectivity index (χ1v) is 12.0. The monoisotopic (exact) mass is 467 g/mol. The Labute approximate surface area is 195 Å². The first kappa shape index (κ1) is 24.8. The molecule has 32 heavy (non-hydrogen) atoms. The Balaban J connectivity index is 0.000000913. The second-order valence-corrected chi connectivity index (χ2v) is 10.8. The highest BCUT2D eigenvalue weighted by Gasteiger charge is 2.41. The van der Waals surface area contributed by atoms with Crippen molar-refractivity contribution >= 4 is 24.0 Å². The Hall–Kier alpha value is -1.82. The molecule has 5 nitrogen and oxygen atoms in total. The quantitative estimate of drug-likeness (QED) is 0.548. The molecule has 0 radical (unpaired) electrons. The molecule has 7 heteroatoms. The van der Waals surface area contributed by atoms with Gasteiger partial charge in [0.2, 0.25) is 0 Å². The van der Waals surface area contributed by atoms with Gasteiger partial charge in [-0.15, -0.1) is 0 Å². The van der Waals surface area contributed by atoms with Crippen molar-refractivity contribution in [2.24, 2.45) is 23.2 Å². The molecule has 1 heterocycles. The van der Waals surface area contributed by atoms with Crippen LogP contribution in [-0.4, -0.2) is 41.6 Å². The van der Waals surface area contributed by atoms with Crippen LogP contribution in [0.15, 0.2) is 12.1 Å². The molecule has 3 fully saturated rings. The van der Waals surface area contributed by atoms with Crippen molar-refractivity contribution < 1.29 is 23.8 Å². The summed E-state index contributed by atoms with van der Waals surface area (Å²) >= 11 is 6.40. The van der Waals surface area contributed by atoms with Crippen molar-refractivity contribution in [1.82, 2.24) is 4.90 Å². The van der Waals surface area contributed by atoms with E-state index in [0.717, 1.165) is 43.4 Å². The molecule has 4 rings (SSSR count). The zero-order valence-electron chi connectivity index (χ0n) is 19.3. The van der Waals surface area contributed by atoms with E-state index in [4.69, 9.17) is 26.2 Å². The molecule has 0 aromatic heterocycles. The molecule has 1 aromatic carbocycles. The summed E-state index contributed by atoms with van der Waals surface area (Å²) < 4.78 is 20.8. The number of rotatable bonds is 4. The highest BCUT2D eigenvalue weighted by Crippen LogP contribution is 2.50. The fourth-order valence-electron chi connectivity index (χ4n) is 6.27. The molecule has 3 unspecified atom stereocenters. The van der Waals surface area contributed by atoms with Crippen LogP contribution in [0.5, 0.6) is 5.75 Å². The maximum Gasteiger partial charge on any atom is 0.290 e. The van der Waals surface area contributed by atoms with E-state index in [-0.39, 0.29) is 29.4 Å². The number of halogens is 2. The van der Waals surface area contributed by atoms with E-state index >= 15 is 0 Å². The van der Waals surface area contributed by atoms with Crippen molar-refractivity contribution in [1.29, 1.82) is 0 Å². The highest BCUT2D eigenvalue weighted by atomic mass is 35.5. The lowest BCUT2D eigenvalue weighted by atomic mass is 9.60. The number of hydrogen-bond acceptors (Lipinski definition) is 3. The van der Waals surface area contributed by atoms with Crippen molar-refractivity contribution in [3.05, 3.63) is 28.5 Å². The minimum absolute atomic E-state index is 0.0449. The number of nitrogens with zero attached hydrogens (tertiary/aromatic N) is 1. The number of carboxylic acid groups (broad SMARTS) is 1. The number of likely N-dealkylation sites (tertiary alicyclic amines) is 1. The van der Waals surface area contributed by atoms with Gasteiger partial charge in [-0.2, -0.15) is 0 Å². The molecule has 1 N–H and O–H groups in total. The summed E-state index contributed by atoms with van der Waals surface area (Å²) in [6.07, 6.45) is 8.22. The molecule has 1 amide bonds. The molecule has 2 aliphatic carbocycles. The minimum Gasteiger partial charge on any atom is -0.491 e. The maximum absolute atomic E-state index is 14.8. The summed E-state index contributed by atoms with van der Waals surface area (Å²) in [4.78, 5) is 22.8. The van der Waals surface area contributed by atoms with E-state index in [1.165, 1.54) is 31.4 Å². The van der Waals surface area contributed by atoms with E-state index in [1.54, 1.807) is 4.90 Å². The Morgan fingerprint density at radius 2 is 1.91 bits per heavy atom. The third kappa shape index (κ3) is 5.75. The van der Waals surface area contributed by atoms with Gasteiger partial charge in [0.1, 0.15) is 11.6 Å². The van der Waals surface area contributed by atoms with Gasteiger partial charge >= 0.3 is 0 Å². The van der Waals surface area contributed by atoms with Gasteiger partial charge in [-0.25, -0.2) is 4.39 Å². The molecule has 1 aliphatic heterocycles. The predicted octanol–water partition coefficient (Wildman–Crippen LogP) is 6.04. The molecule has 2 bridgehead atoms. The van der Waals surface area contributed by atoms with E-state index in [2.05, 4.69) is 13.8 Å². The molecular formula is C25H35ClFNO4. The lowest BCUT2D eigenvalue weighted by Crippen LogP contribution is -2.39. The topological polar surface area (TPSA) is 66.8 Å². The fraction of sp³-hybridized carbons (Fsp3) is 0.680. The zero-order chi connectivity index (χ0) is 23.5. The number of carbonyl (C=O) groups is 2. The van der Waals surface area contributed by atoms with Gasteiger partial charge in [0, 0.05) is 24.1 Å². The Morgan fingerprint density at radius 3 is 2.47 bits per heavy atom. The molecule has 3 atom stereocenters. The third-order valence-electron chi connectivity index (χ3n) is 7.34. The predicted molar refractivity (Wildman–Crippen MR) is 123 cm³/mol. The van der Waals surface area contributed by atoms with Crippen molar-refractivity contribution in [3.8, 4) is 5.75 Å². The highest BCUT2D eigenvalue weighted by molar-refractivity contribution is 6.32. The molecule has 1 saturated heterocycles. The van der Waals surface area contributed by atoms with Crippen LogP contribution in [0.3, 0.4) is 0 Å². The summed E-state index contributed by atoms with van der Waals surface area (Å²) in [5.41, 5.74) is 0.149. The van der Waals surface area contributed by atoms with Crippen molar-refractivity contribution in [2.75, 3.05) is 13.2 Å². The smallest absolute Gasteiger partial charge is 0.290 e. The fourth-order valence-corrected chi connectivity index (χ4v) is 6.49. The summed E-state index contributed by atoms with van der Waals surface area (Å²) in [7, 11) is 0. The van der Waals surface area contributed by atoms with Crippen LogP contribution >= 0.6 is 11.6 Å². The van der Waals surface area contributed by atoms with Crippen LogP contribution in [0.25, 0.3) is 0 Å². The van der Waals surface area contributed by atoms with E-state index in [9.17, 15) is 9.18 Å². The lowest BCUT2D eigenvalue weighted by molar-refractivity contribution is -0.122. The largest absolute Gasteiger partial charge is 0.491 e. The normalized spacial score (nSPS) is 31.5. The maximum atomic E-state index is 14.8. The van der Waals surface area contributed by atoms with Crippen LogP contribution in [0.2, 0.25) is 5.02 Å². The second-order valence-electron chi connectivity index (χ2n) is 10.4. The summed E-state index contributed by atoms with van der Waals surface area (Å²) in [6, 6.07) is 2.88. The second kappa shape index (κ2) is 10.4. The number of hydrogen-bond donors (Lipinski definition) is 1. The number of benzene rings is 1. The number of amides is 1. The van der Waals surface area contributed by atoms with Gasteiger partial charge in [0.05, 0.1) is 17.2 Å². The van der Waals surface area contributed by atoms with Crippen LogP contribution in [-0.2, 0) is 4.79 Å². The van der Waals surface area contributed by atoms with Gasteiger partial charge in [-0.05, 0) is 75.7 Å². The van der Waals surface area contributed by atoms with E-state index in [1.807, 2.05) is 6.92 Å². The Kier molecular flexibility index (Phi) is 8.07. The summed E-state index contributed by atoms with van der Waals surface area (Å²) in [6.45, 7) is 7.63. The van der Waals surface area contributed by atoms with Gasteiger partial charge in [0.25, 0.3) is 12.4 Å². The minimum atomic E-state index is -0.548. The SMILES string of the molecule is CC1CC2CC(C1)CC(C)(COc1cc(F)c(C(=O)N3CCCC3C)cc1Cl)C2.O=CO. The van der Waals surface area contributed by atoms with Gasteiger partial charge in [-0.1, -0.05) is 25.4 Å². The molecule has 3 aliphatic rings. The lowest BCUT2D eigenvalue weighted by Gasteiger charge is -2.47. The summed E-state index contributed by atoms with van der Waals surface area (Å²) in [5.74, 6) is 1.91. The van der Waals surface area contributed by atoms with Gasteiger partial charge < -0.3 is 14.7 Å². The average Bonchev–Trinajstić information content (AvgIpc) is 3.13. The third-order valence-corrected chi connectivity index (χ3v) is 7.64. The standard InChI is InChI=1S/C24H33ClFNO2.CH2O2/c1-15-7-17-9-18(8-15)13-24(3,12-17)14-29-22-11-21(26)19(10-20(22)25)23(28)27-6-4-5-16(27)2;2-1-3/h10-11,15-18H,4-9,12-14H2,1-3H3;1H,(H,2,3). The molecule has 1 aromatic rings. The number of ether oxygens (including phenoxy) is 1. The molecule has 0 spiro atoms. The first-order chi connectivity index (χ1) is 15.2. The molecule has 178 valence electrons. The van der Waals surface area contributed by atoms with E-state index < -0.39 is 5.82 Å². The number of carbonyl (C=O) groups excluding carboxylic acids is 1.